The highest BCUT2D eigenvalue weighted by Crippen LogP contribution is 2.17. The molecule has 0 bridgehead atoms. The molecule has 0 saturated heterocycles. The third-order valence-corrected chi connectivity index (χ3v) is 3.28. The standard InChI is InChI=1S/C16H12BrFO/c1-11-4-2-3-5-14(11)16(19)9-6-12-10-13(17)7-8-15(12)18/h2-10H,1H3. The molecule has 0 heterocycles. The second-order valence-corrected chi connectivity index (χ2v) is 5.09. The molecule has 0 spiro atoms. The molecule has 0 fully saturated rings. The second kappa shape index (κ2) is 5.93. The second-order valence-electron chi connectivity index (χ2n) is 4.18. The molecule has 96 valence electrons. The lowest BCUT2D eigenvalue weighted by molar-refractivity contribution is 0.104. The number of aryl methyl sites for hydroxylation is 1. The van der Waals surface area contributed by atoms with Gasteiger partial charge >= 0.3 is 0 Å². The molecule has 0 aromatic heterocycles. The maximum atomic E-state index is 13.5. The topological polar surface area (TPSA) is 17.1 Å². The molecule has 1 nitrogen and oxygen atoms in total. The molecule has 0 radical (unpaired) electrons. The molecule has 0 amide bonds. The van der Waals surface area contributed by atoms with Crippen LogP contribution in [0.1, 0.15) is 21.5 Å². The van der Waals surface area contributed by atoms with Gasteiger partial charge in [-0.25, -0.2) is 4.39 Å². The smallest absolute Gasteiger partial charge is 0.186 e. The number of hydrogen-bond acceptors (Lipinski definition) is 1. The minimum absolute atomic E-state index is 0.127. The molecule has 19 heavy (non-hydrogen) atoms. The van der Waals surface area contributed by atoms with Crippen molar-refractivity contribution in [1.29, 1.82) is 0 Å². The predicted octanol–water partition coefficient (Wildman–Crippen LogP) is 4.79. The minimum atomic E-state index is -0.350. The van der Waals surface area contributed by atoms with Gasteiger partial charge in [0.15, 0.2) is 5.78 Å². The Hall–Kier alpha value is -1.74. The maximum Gasteiger partial charge on any atom is 0.186 e. The van der Waals surface area contributed by atoms with Gasteiger partial charge in [-0.1, -0.05) is 40.2 Å². The third kappa shape index (κ3) is 3.38. The molecule has 3 heteroatoms. The van der Waals surface area contributed by atoms with E-state index < -0.39 is 0 Å². The molecule has 0 unspecified atom stereocenters. The summed E-state index contributed by atoms with van der Waals surface area (Å²) in [7, 11) is 0. The number of hydrogen-bond donors (Lipinski definition) is 0. The largest absolute Gasteiger partial charge is 0.289 e. The van der Waals surface area contributed by atoms with E-state index in [-0.39, 0.29) is 11.6 Å². The molecule has 0 atom stereocenters. The summed E-state index contributed by atoms with van der Waals surface area (Å²) in [5.41, 5.74) is 1.93. The molecule has 0 N–H and O–H groups in total. The van der Waals surface area contributed by atoms with Crippen molar-refractivity contribution < 1.29 is 9.18 Å². The van der Waals surface area contributed by atoms with Gasteiger partial charge in [-0.3, -0.25) is 4.79 Å². The van der Waals surface area contributed by atoms with E-state index in [1.807, 2.05) is 25.1 Å². The average molecular weight is 319 g/mol. The van der Waals surface area contributed by atoms with Crippen molar-refractivity contribution in [3.05, 3.63) is 75.5 Å². The fraction of sp³-hybridized carbons (Fsp3) is 0.0625. The number of allylic oxidation sites excluding steroid dienone is 1. The number of benzene rings is 2. The van der Waals surface area contributed by atoms with Crippen molar-refractivity contribution in [2.75, 3.05) is 0 Å². The summed E-state index contributed by atoms with van der Waals surface area (Å²) >= 11 is 3.27. The molecule has 2 rings (SSSR count). The lowest BCUT2D eigenvalue weighted by atomic mass is 10.0. The zero-order valence-electron chi connectivity index (χ0n) is 10.4. The molecular weight excluding hydrogens is 307 g/mol. The van der Waals surface area contributed by atoms with Crippen molar-refractivity contribution in [1.82, 2.24) is 0 Å². The number of carbonyl (C=O) groups excluding carboxylic acids is 1. The lowest BCUT2D eigenvalue weighted by Crippen LogP contribution is -1.97. The van der Waals surface area contributed by atoms with Crippen LogP contribution in [-0.4, -0.2) is 5.78 Å². The van der Waals surface area contributed by atoms with Crippen LogP contribution in [0.15, 0.2) is 53.0 Å². The van der Waals surface area contributed by atoms with Crippen LogP contribution in [0.5, 0.6) is 0 Å². The fourth-order valence-corrected chi connectivity index (χ4v) is 2.13. The first-order valence-electron chi connectivity index (χ1n) is 5.81. The Morgan fingerprint density at radius 2 is 1.95 bits per heavy atom. The van der Waals surface area contributed by atoms with E-state index in [1.54, 1.807) is 18.2 Å². The van der Waals surface area contributed by atoms with E-state index >= 15 is 0 Å². The fourth-order valence-electron chi connectivity index (χ4n) is 1.75. The Kier molecular flexibility index (Phi) is 4.27. The first-order chi connectivity index (χ1) is 9.08. The Balaban J connectivity index is 2.26. The van der Waals surface area contributed by atoms with Crippen LogP contribution >= 0.6 is 15.9 Å². The molecule has 2 aromatic rings. The number of ketones is 1. The molecule has 0 aliphatic carbocycles. The van der Waals surface area contributed by atoms with Crippen molar-refractivity contribution >= 4 is 27.8 Å². The highest BCUT2D eigenvalue weighted by molar-refractivity contribution is 9.10. The summed E-state index contributed by atoms with van der Waals surface area (Å²) in [6, 6.07) is 12.0. The molecular formula is C16H12BrFO. The van der Waals surface area contributed by atoms with Gasteiger partial charge in [0.1, 0.15) is 5.82 Å². The van der Waals surface area contributed by atoms with Crippen LogP contribution in [0.4, 0.5) is 4.39 Å². The van der Waals surface area contributed by atoms with Gasteiger partial charge in [-0.2, -0.15) is 0 Å². The highest BCUT2D eigenvalue weighted by Gasteiger charge is 2.05. The normalized spacial score (nSPS) is 10.9. The van der Waals surface area contributed by atoms with E-state index in [0.29, 0.717) is 11.1 Å². The van der Waals surface area contributed by atoms with Gasteiger partial charge in [0.05, 0.1) is 0 Å². The number of rotatable bonds is 3. The van der Waals surface area contributed by atoms with Crippen molar-refractivity contribution in [3.8, 4) is 0 Å². The monoisotopic (exact) mass is 318 g/mol. The Labute approximate surface area is 119 Å². The van der Waals surface area contributed by atoms with Crippen molar-refractivity contribution in [2.24, 2.45) is 0 Å². The Morgan fingerprint density at radius 3 is 2.68 bits per heavy atom. The average Bonchev–Trinajstić information content (AvgIpc) is 2.40. The zero-order chi connectivity index (χ0) is 13.8. The predicted molar refractivity (Wildman–Crippen MR) is 78.6 cm³/mol. The van der Waals surface area contributed by atoms with Gasteiger partial charge in [0.2, 0.25) is 0 Å². The molecule has 0 saturated carbocycles. The summed E-state index contributed by atoms with van der Waals surface area (Å²) in [6.07, 6.45) is 2.89. The quantitative estimate of drug-likeness (QED) is 0.587. The van der Waals surface area contributed by atoms with Crippen LogP contribution < -0.4 is 0 Å². The van der Waals surface area contributed by atoms with E-state index in [0.717, 1.165) is 10.0 Å². The van der Waals surface area contributed by atoms with Gasteiger partial charge in [0, 0.05) is 15.6 Å². The summed E-state index contributed by atoms with van der Waals surface area (Å²) < 4.78 is 14.3. The maximum absolute atomic E-state index is 13.5. The van der Waals surface area contributed by atoms with Gasteiger partial charge in [-0.15, -0.1) is 0 Å². The number of carbonyl (C=O) groups is 1. The van der Waals surface area contributed by atoms with Crippen LogP contribution in [0.3, 0.4) is 0 Å². The summed E-state index contributed by atoms with van der Waals surface area (Å²) in [5, 5.41) is 0. The van der Waals surface area contributed by atoms with Gasteiger partial charge < -0.3 is 0 Å². The van der Waals surface area contributed by atoms with E-state index in [1.165, 1.54) is 18.2 Å². The van der Waals surface area contributed by atoms with E-state index in [9.17, 15) is 9.18 Å². The summed E-state index contributed by atoms with van der Waals surface area (Å²) in [5.74, 6) is -0.477. The first kappa shape index (κ1) is 13.7. The van der Waals surface area contributed by atoms with Gasteiger partial charge in [0.25, 0.3) is 0 Å². The Bertz CT molecular complexity index is 647. The molecule has 0 aliphatic heterocycles. The van der Waals surface area contributed by atoms with Crippen LogP contribution in [-0.2, 0) is 0 Å². The highest BCUT2D eigenvalue weighted by atomic mass is 79.9. The number of halogens is 2. The van der Waals surface area contributed by atoms with E-state index in [4.69, 9.17) is 0 Å². The Morgan fingerprint density at radius 1 is 1.21 bits per heavy atom. The van der Waals surface area contributed by atoms with E-state index in [2.05, 4.69) is 15.9 Å². The van der Waals surface area contributed by atoms with Crippen LogP contribution in [0, 0.1) is 12.7 Å². The summed E-state index contributed by atoms with van der Waals surface area (Å²) in [6.45, 7) is 1.88. The van der Waals surface area contributed by atoms with Crippen LogP contribution in [0.25, 0.3) is 6.08 Å². The third-order valence-electron chi connectivity index (χ3n) is 2.78. The molecule has 2 aromatic carbocycles. The summed E-state index contributed by atoms with van der Waals surface area (Å²) in [4.78, 5) is 12.0. The lowest BCUT2D eigenvalue weighted by Gasteiger charge is -2.01. The van der Waals surface area contributed by atoms with Crippen LogP contribution in [0.2, 0.25) is 0 Å². The minimum Gasteiger partial charge on any atom is -0.289 e. The first-order valence-corrected chi connectivity index (χ1v) is 6.60. The zero-order valence-corrected chi connectivity index (χ0v) is 11.9. The molecule has 0 aliphatic rings. The van der Waals surface area contributed by atoms with Gasteiger partial charge in [-0.05, 0) is 42.8 Å². The van der Waals surface area contributed by atoms with Crippen molar-refractivity contribution in [2.45, 2.75) is 6.92 Å². The SMILES string of the molecule is Cc1ccccc1C(=O)C=Cc1cc(Br)ccc1F. The van der Waals surface area contributed by atoms with Crippen molar-refractivity contribution in [3.63, 3.8) is 0 Å².